The molecule has 1 unspecified atom stereocenters. The van der Waals surface area contributed by atoms with E-state index in [-0.39, 0.29) is 5.91 Å². The van der Waals surface area contributed by atoms with Gasteiger partial charge in [0.1, 0.15) is 12.1 Å². The Morgan fingerprint density at radius 1 is 1.28 bits per heavy atom. The summed E-state index contributed by atoms with van der Waals surface area (Å²) < 4.78 is 1.86. The lowest BCUT2D eigenvalue weighted by Crippen LogP contribution is -2.52. The molecule has 2 aromatic heterocycles. The Hall–Kier alpha value is -2.71. The normalized spacial score (nSPS) is 20.9. The molecule has 1 fully saturated rings. The molecule has 1 atom stereocenters. The molecule has 0 radical (unpaired) electrons. The van der Waals surface area contributed by atoms with Crippen molar-refractivity contribution in [2.75, 3.05) is 31.1 Å². The predicted molar refractivity (Wildman–Crippen MR) is 91.3 cm³/mol. The number of carbonyl (C=O) groups is 1. The van der Waals surface area contributed by atoms with Crippen LogP contribution in [0, 0.1) is 5.92 Å². The summed E-state index contributed by atoms with van der Waals surface area (Å²) in [6.07, 6.45) is 3.53. The Morgan fingerprint density at radius 3 is 2.80 bits per heavy atom. The molecule has 25 heavy (non-hydrogen) atoms. The van der Waals surface area contributed by atoms with E-state index >= 15 is 0 Å². The Labute approximate surface area is 145 Å². The highest BCUT2D eigenvalue weighted by molar-refractivity contribution is 5.93. The number of oxime groups is 1. The maximum Gasteiger partial charge on any atom is 0.267 e. The molecule has 2 aliphatic rings. The van der Waals surface area contributed by atoms with Crippen LogP contribution in [0.5, 0.6) is 0 Å². The van der Waals surface area contributed by atoms with E-state index in [1.807, 2.05) is 15.4 Å². The lowest BCUT2D eigenvalue weighted by Gasteiger charge is -2.36. The van der Waals surface area contributed by atoms with Crippen LogP contribution in [0.4, 0.5) is 5.82 Å². The van der Waals surface area contributed by atoms with Gasteiger partial charge in [0.2, 0.25) is 6.10 Å². The largest absolute Gasteiger partial charge is 0.382 e. The van der Waals surface area contributed by atoms with E-state index < -0.39 is 6.10 Å². The highest BCUT2D eigenvalue weighted by atomic mass is 16.6. The van der Waals surface area contributed by atoms with Gasteiger partial charge in [-0.1, -0.05) is 19.0 Å². The van der Waals surface area contributed by atoms with Crippen LogP contribution in [-0.2, 0) is 9.63 Å². The average Bonchev–Trinajstić information content (AvgIpc) is 3.30. The van der Waals surface area contributed by atoms with Crippen LogP contribution in [0.1, 0.15) is 20.3 Å². The third kappa shape index (κ3) is 2.90. The van der Waals surface area contributed by atoms with E-state index in [9.17, 15) is 4.79 Å². The molecular formula is C16H21N7O2. The second kappa shape index (κ2) is 6.30. The summed E-state index contributed by atoms with van der Waals surface area (Å²) >= 11 is 0. The Morgan fingerprint density at radius 2 is 2.08 bits per heavy atom. The fourth-order valence-electron chi connectivity index (χ4n) is 3.22. The van der Waals surface area contributed by atoms with Crippen LogP contribution < -0.4 is 4.90 Å². The van der Waals surface area contributed by atoms with Gasteiger partial charge in [-0.15, -0.1) is 10.2 Å². The van der Waals surface area contributed by atoms with Gasteiger partial charge in [-0.25, -0.2) is 4.98 Å². The fraction of sp³-hybridized carbons (Fsp3) is 0.562. The van der Waals surface area contributed by atoms with E-state index in [0.717, 1.165) is 24.6 Å². The monoisotopic (exact) mass is 343 g/mol. The van der Waals surface area contributed by atoms with Gasteiger partial charge in [0, 0.05) is 38.8 Å². The quantitative estimate of drug-likeness (QED) is 0.810. The molecule has 1 amide bonds. The number of carbonyl (C=O) groups excluding carboxylic acids is 1. The molecule has 0 spiro atoms. The van der Waals surface area contributed by atoms with Crippen molar-refractivity contribution in [2.24, 2.45) is 11.1 Å². The van der Waals surface area contributed by atoms with Crippen molar-refractivity contribution in [2.45, 2.75) is 26.4 Å². The van der Waals surface area contributed by atoms with Crippen LogP contribution in [0.3, 0.4) is 0 Å². The van der Waals surface area contributed by atoms with E-state index in [0.29, 0.717) is 31.2 Å². The number of piperazine rings is 1. The molecule has 2 aliphatic heterocycles. The minimum atomic E-state index is -0.463. The molecule has 0 N–H and O–H groups in total. The molecule has 132 valence electrons. The molecule has 9 heteroatoms. The van der Waals surface area contributed by atoms with Crippen molar-refractivity contribution in [1.29, 1.82) is 0 Å². The molecule has 4 heterocycles. The van der Waals surface area contributed by atoms with Gasteiger partial charge in [-0.3, -0.25) is 9.20 Å². The van der Waals surface area contributed by atoms with Gasteiger partial charge in [0.25, 0.3) is 11.7 Å². The zero-order chi connectivity index (χ0) is 17.4. The zero-order valence-corrected chi connectivity index (χ0v) is 14.4. The minimum Gasteiger partial charge on any atom is -0.382 e. The average molecular weight is 343 g/mol. The van der Waals surface area contributed by atoms with E-state index in [4.69, 9.17) is 4.84 Å². The maximum atomic E-state index is 12.7. The van der Waals surface area contributed by atoms with Crippen LogP contribution in [-0.4, -0.2) is 68.4 Å². The number of hydrogen-bond acceptors (Lipinski definition) is 7. The summed E-state index contributed by atoms with van der Waals surface area (Å²) in [6, 6.07) is 1.94. The maximum absolute atomic E-state index is 12.7. The van der Waals surface area contributed by atoms with Gasteiger partial charge >= 0.3 is 0 Å². The molecule has 4 rings (SSSR count). The fourth-order valence-corrected chi connectivity index (χ4v) is 3.22. The van der Waals surface area contributed by atoms with Crippen molar-refractivity contribution in [3.8, 4) is 0 Å². The lowest BCUT2D eigenvalue weighted by atomic mass is 10.0. The molecule has 2 aromatic rings. The van der Waals surface area contributed by atoms with Crippen LogP contribution >= 0.6 is 0 Å². The summed E-state index contributed by atoms with van der Waals surface area (Å²) in [5, 5.41) is 11.9. The Balaban J connectivity index is 1.39. The third-order valence-electron chi connectivity index (χ3n) is 4.74. The van der Waals surface area contributed by atoms with Gasteiger partial charge in [0.05, 0.1) is 5.71 Å². The molecule has 0 bridgehead atoms. The highest BCUT2D eigenvalue weighted by Crippen LogP contribution is 2.20. The molecule has 0 saturated carbocycles. The zero-order valence-electron chi connectivity index (χ0n) is 14.4. The topological polar surface area (TPSA) is 88.2 Å². The van der Waals surface area contributed by atoms with E-state index in [1.165, 1.54) is 0 Å². The molecule has 0 aromatic carbocycles. The summed E-state index contributed by atoms with van der Waals surface area (Å²) in [5.41, 5.74) is 0.962. The number of rotatable bonds is 3. The molecule has 9 nitrogen and oxygen atoms in total. The third-order valence-corrected chi connectivity index (χ3v) is 4.74. The number of fused-ring (bicyclic) bond motifs is 1. The van der Waals surface area contributed by atoms with Crippen molar-refractivity contribution in [3.05, 3.63) is 18.6 Å². The van der Waals surface area contributed by atoms with Crippen molar-refractivity contribution in [3.63, 3.8) is 0 Å². The second-order valence-electron chi connectivity index (χ2n) is 6.65. The number of aromatic nitrogens is 4. The van der Waals surface area contributed by atoms with E-state index in [1.54, 1.807) is 12.5 Å². The molecule has 1 saturated heterocycles. The Bertz CT molecular complexity index is 808. The van der Waals surface area contributed by atoms with Crippen LogP contribution in [0.2, 0.25) is 0 Å². The first kappa shape index (κ1) is 15.8. The van der Waals surface area contributed by atoms with Gasteiger partial charge in [-0.2, -0.15) is 0 Å². The SMILES string of the molecule is CC(C)C1=NOC(C(=O)N2CCN(c3ccnc4nncn34)CC2)C1. The molecular weight excluding hydrogens is 322 g/mol. The minimum absolute atomic E-state index is 0.0308. The first-order chi connectivity index (χ1) is 12.1. The first-order valence-corrected chi connectivity index (χ1v) is 8.54. The predicted octanol–water partition coefficient (Wildman–Crippen LogP) is 0.574. The summed E-state index contributed by atoms with van der Waals surface area (Å²) in [7, 11) is 0. The van der Waals surface area contributed by atoms with Crippen molar-refractivity contribution < 1.29 is 9.63 Å². The number of nitrogens with zero attached hydrogens (tertiary/aromatic N) is 7. The van der Waals surface area contributed by atoms with Crippen LogP contribution in [0.15, 0.2) is 23.7 Å². The smallest absolute Gasteiger partial charge is 0.267 e. The number of amides is 1. The van der Waals surface area contributed by atoms with E-state index in [2.05, 4.69) is 39.1 Å². The second-order valence-corrected chi connectivity index (χ2v) is 6.65. The van der Waals surface area contributed by atoms with Crippen molar-refractivity contribution in [1.82, 2.24) is 24.5 Å². The standard InChI is InChI=1S/C16H21N7O2/c1-11(2)12-9-13(25-20-12)15(24)22-7-5-21(6-8-22)14-3-4-17-16-19-18-10-23(14)16/h3-4,10-11,13H,5-9H2,1-2H3. The highest BCUT2D eigenvalue weighted by Gasteiger charge is 2.34. The lowest BCUT2D eigenvalue weighted by molar-refractivity contribution is -0.142. The summed E-state index contributed by atoms with van der Waals surface area (Å²) in [5.74, 6) is 1.91. The number of hydrogen-bond donors (Lipinski definition) is 0. The van der Waals surface area contributed by atoms with Gasteiger partial charge in [0.15, 0.2) is 0 Å². The molecule has 0 aliphatic carbocycles. The Kier molecular flexibility index (Phi) is 3.98. The van der Waals surface area contributed by atoms with Crippen LogP contribution in [0.25, 0.3) is 5.78 Å². The van der Waals surface area contributed by atoms with Gasteiger partial charge in [-0.05, 0) is 12.0 Å². The summed E-state index contributed by atoms with van der Waals surface area (Å²) in [6.45, 7) is 6.92. The van der Waals surface area contributed by atoms with Gasteiger partial charge < -0.3 is 14.6 Å². The summed E-state index contributed by atoms with van der Waals surface area (Å²) in [4.78, 5) is 26.3. The van der Waals surface area contributed by atoms with Crippen molar-refractivity contribution >= 4 is 23.2 Å². The first-order valence-electron chi connectivity index (χ1n) is 8.54. The number of anilines is 1.